The average Bonchev–Trinajstić information content (AvgIpc) is 2.72. The van der Waals surface area contributed by atoms with Gasteiger partial charge < -0.3 is 4.98 Å². The van der Waals surface area contributed by atoms with Gasteiger partial charge in [0.2, 0.25) is 11.8 Å². The summed E-state index contributed by atoms with van der Waals surface area (Å²) in [6, 6.07) is 3.49. The molecule has 0 aliphatic heterocycles. The second-order valence-corrected chi connectivity index (χ2v) is 4.80. The third kappa shape index (κ3) is 9.13. The van der Waals surface area contributed by atoms with E-state index in [-0.39, 0.29) is 24.9 Å². The van der Waals surface area contributed by atoms with Crippen molar-refractivity contribution in [2.45, 2.75) is 13.8 Å². The number of nitrogens with one attached hydrogen (secondary N) is 1. The zero-order valence-corrected chi connectivity index (χ0v) is 12.2. The van der Waals surface area contributed by atoms with Gasteiger partial charge in [0.1, 0.15) is 0 Å². The number of hydrogen-bond donors (Lipinski definition) is 1. The Balaban J connectivity index is 0.000000873. The molecule has 0 spiro atoms. The molecule has 1 aromatic rings. The summed E-state index contributed by atoms with van der Waals surface area (Å²) in [5.41, 5.74) is 1.38. The maximum atomic E-state index is 10.6. The topological polar surface area (TPSA) is 74.7 Å². The molecule has 1 aromatic heterocycles. The first-order valence-corrected chi connectivity index (χ1v) is 7.67. The number of H-pyrrole nitrogens is 1. The fourth-order valence-electron chi connectivity index (χ4n) is 0.901. The molecule has 0 atom stereocenters. The molecule has 0 radical (unpaired) electrons. The Bertz CT molecular complexity index is 419. The Labute approximate surface area is 119 Å². The third-order valence-corrected chi connectivity index (χ3v) is 1.50. The second kappa shape index (κ2) is 10.0. The fraction of sp³-hybridized carbons (Fsp3) is 0.200. The van der Waals surface area contributed by atoms with Gasteiger partial charge in [-0.1, -0.05) is 0 Å². The van der Waals surface area contributed by atoms with Crippen LogP contribution in [0.3, 0.4) is 0 Å². The Morgan fingerprint density at radius 1 is 1.11 bits per heavy atom. The molecule has 0 saturated heterocycles. The van der Waals surface area contributed by atoms with E-state index in [0.29, 0.717) is 11.4 Å². The van der Waals surface area contributed by atoms with Crippen molar-refractivity contribution in [3.8, 4) is 0 Å². The molecule has 0 aliphatic rings. The maximum absolute atomic E-state index is 10.6. The van der Waals surface area contributed by atoms with Crippen LogP contribution >= 0.6 is 20.2 Å². The molecule has 18 heavy (non-hydrogen) atoms. The van der Waals surface area contributed by atoms with Crippen LogP contribution in [-0.2, 0) is 22.7 Å². The Morgan fingerprint density at radius 3 is 1.72 bits per heavy atom. The summed E-state index contributed by atoms with van der Waals surface area (Å²) < 4.78 is 0. The molecule has 1 N–H and O–H groups in total. The number of aliphatic imine (C=N–C) groups is 2. The summed E-state index contributed by atoms with van der Waals surface area (Å²) in [7, 11) is 9.53. The van der Waals surface area contributed by atoms with Crippen LogP contribution in [0.2, 0.25) is 0 Å². The molecule has 0 saturated carbocycles. The van der Waals surface area contributed by atoms with Crippen LogP contribution in [0.5, 0.6) is 0 Å². The van der Waals surface area contributed by atoms with Crippen LogP contribution in [0, 0.1) is 0 Å². The van der Waals surface area contributed by atoms with Gasteiger partial charge in [-0.2, -0.15) is 0 Å². The monoisotopic (exact) mass is 331 g/mol. The summed E-state index contributed by atoms with van der Waals surface area (Å²) in [5, 5.41) is 0. The average molecular weight is 332 g/mol. The summed E-state index contributed by atoms with van der Waals surface area (Å²) in [6.45, 7) is 2.75. The van der Waals surface area contributed by atoms with Gasteiger partial charge in [-0.05, 0) is 12.1 Å². The van der Waals surface area contributed by atoms with Crippen molar-refractivity contribution in [2.24, 2.45) is 9.98 Å². The van der Waals surface area contributed by atoms with E-state index in [1.54, 1.807) is 12.1 Å². The van der Waals surface area contributed by atoms with Crippen molar-refractivity contribution in [2.75, 3.05) is 0 Å². The fourth-order valence-corrected chi connectivity index (χ4v) is 0.901. The van der Waals surface area contributed by atoms with E-state index < -0.39 is 0 Å². The van der Waals surface area contributed by atoms with E-state index >= 15 is 0 Å². The van der Waals surface area contributed by atoms with Gasteiger partial charge in [-0.3, -0.25) is 9.59 Å². The van der Waals surface area contributed by atoms with Gasteiger partial charge in [0.25, 0.3) is 0 Å². The van der Waals surface area contributed by atoms with Crippen molar-refractivity contribution in [1.82, 2.24) is 4.98 Å². The number of carbonyl (C=O) groups is 2. The summed E-state index contributed by atoms with van der Waals surface area (Å²) in [6.07, 6.45) is 2.85. The Morgan fingerprint density at radius 2 is 1.44 bits per heavy atom. The molecule has 5 nitrogen and oxygen atoms in total. The Kier molecular flexibility index (Phi) is 9.50. The summed E-state index contributed by atoms with van der Waals surface area (Å²) in [4.78, 5) is 31.2. The van der Waals surface area contributed by atoms with E-state index in [2.05, 4.69) is 15.0 Å². The van der Waals surface area contributed by atoms with Crippen molar-refractivity contribution < 1.29 is 22.7 Å². The van der Waals surface area contributed by atoms with Crippen LogP contribution in [0.15, 0.2) is 22.1 Å². The second-order valence-electron chi connectivity index (χ2n) is 2.97. The Hall–Kier alpha value is -0.941. The van der Waals surface area contributed by atoms with Gasteiger partial charge in [0.05, 0.1) is 23.8 Å². The molecule has 0 aliphatic carbocycles. The van der Waals surface area contributed by atoms with Crippen molar-refractivity contribution in [1.29, 1.82) is 0 Å². The van der Waals surface area contributed by atoms with E-state index in [0.717, 1.165) is 0 Å². The number of nitrogens with zero attached hydrogens (tertiary/aromatic N) is 2. The first-order valence-electron chi connectivity index (χ1n) is 4.63. The van der Waals surface area contributed by atoms with Crippen molar-refractivity contribution in [3.63, 3.8) is 0 Å². The zero-order chi connectivity index (χ0) is 14.0. The first kappa shape index (κ1) is 17.1. The number of aromatic nitrogens is 1. The van der Waals surface area contributed by atoms with Crippen LogP contribution in [0.1, 0.15) is 25.2 Å². The van der Waals surface area contributed by atoms with E-state index in [4.69, 9.17) is 20.2 Å². The molecule has 1 rings (SSSR count). The third-order valence-electron chi connectivity index (χ3n) is 1.50. The van der Waals surface area contributed by atoms with Crippen LogP contribution in [0.25, 0.3) is 0 Å². The van der Waals surface area contributed by atoms with Gasteiger partial charge in [0.15, 0.2) is 0 Å². The van der Waals surface area contributed by atoms with Crippen LogP contribution in [0.4, 0.5) is 0 Å². The van der Waals surface area contributed by atoms with Gasteiger partial charge in [0, 0.05) is 13.8 Å². The molecule has 0 bridgehead atoms. The van der Waals surface area contributed by atoms with Crippen molar-refractivity contribution in [3.05, 3.63) is 23.5 Å². The molecular weight excluding hydrogens is 321 g/mol. The number of amides is 2. The normalized spacial score (nSPS) is 10.7. The molecule has 0 aromatic carbocycles. The van der Waals surface area contributed by atoms with E-state index in [1.165, 1.54) is 26.3 Å². The number of rotatable bonds is 2. The number of carbonyl (C=O) groups excluding carboxylic acids is 2. The predicted molar refractivity (Wildman–Crippen MR) is 69.0 cm³/mol. The SMILES string of the molecule is CC(=O)N=Cc1ccc(C=NC(C)=O)[nH]1.[Cl][Fe][Cl]. The van der Waals surface area contributed by atoms with Crippen LogP contribution in [-0.4, -0.2) is 29.2 Å². The molecule has 2 amide bonds. The minimum absolute atomic E-state index is 0.194. The summed E-state index contributed by atoms with van der Waals surface area (Å²) in [5.74, 6) is -0.521. The quantitative estimate of drug-likeness (QED) is 0.667. The predicted octanol–water partition coefficient (Wildman–Crippen LogP) is 2.32. The summed E-state index contributed by atoms with van der Waals surface area (Å²) >= 11 is 0.194. The molecule has 1 heterocycles. The molecule has 8 heteroatoms. The van der Waals surface area contributed by atoms with E-state index in [9.17, 15) is 9.59 Å². The standard InChI is InChI=1S/C10H11N3O2.2ClH.Fe/c1-7(14)11-5-9-3-4-10(13-9)6-12-8(2)15;;;/h3-6,13H,1-2H3;2*1H;/q;;;+2/p-2. The van der Waals surface area contributed by atoms with Gasteiger partial charge in [-0.15, -0.1) is 0 Å². The molecule has 0 unspecified atom stereocenters. The first-order chi connectivity index (χ1) is 8.49. The zero-order valence-electron chi connectivity index (χ0n) is 9.63. The minimum atomic E-state index is -0.261. The molecule has 0 fully saturated rings. The number of halogens is 2. The molecule has 100 valence electrons. The molecular formula is C10H11Cl2FeN3O2. The number of aromatic amines is 1. The van der Waals surface area contributed by atoms with Crippen molar-refractivity contribution >= 4 is 44.4 Å². The number of hydrogen-bond acceptors (Lipinski definition) is 2. The van der Waals surface area contributed by atoms with Gasteiger partial charge >= 0.3 is 33.3 Å². The van der Waals surface area contributed by atoms with Gasteiger partial charge in [-0.25, -0.2) is 9.98 Å². The van der Waals surface area contributed by atoms with Crippen LogP contribution < -0.4 is 0 Å². The van der Waals surface area contributed by atoms with E-state index in [1.807, 2.05) is 0 Å².